The van der Waals surface area contributed by atoms with E-state index >= 15 is 0 Å². The van der Waals surface area contributed by atoms with Crippen molar-refractivity contribution in [3.8, 4) is 0 Å². The van der Waals surface area contributed by atoms with Gasteiger partial charge in [-0.1, -0.05) is 0 Å². The number of ether oxygens (including phenoxy) is 2. The van der Waals surface area contributed by atoms with Crippen LogP contribution in [0.5, 0.6) is 0 Å². The molecule has 3 fully saturated rings. The van der Waals surface area contributed by atoms with Crippen molar-refractivity contribution in [3.05, 3.63) is 29.9 Å². The van der Waals surface area contributed by atoms with Crippen LogP contribution in [0, 0.1) is 5.92 Å². The minimum absolute atomic E-state index is 0.0277. The van der Waals surface area contributed by atoms with Gasteiger partial charge in [-0.25, -0.2) is 9.97 Å². The summed E-state index contributed by atoms with van der Waals surface area (Å²) in [5, 5.41) is 7.61. The SMILES string of the molecule is CC1(OC2=CCC3NN=C(c4cc(N5CCC6(CC5)CNC(=O)CO6)ncn4)C3C2)CC1. The number of amides is 1. The highest BCUT2D eigenvalue weighted by molar-refractivity contribution is 6.02. The van der Waals surface area contributed by atoms with Gasteiger partial charge in [0.05, 0.1) is 28.8 Å². The molecule has 3 aliphatic heterocycles. The lowest BCUT2D eigenvalue weighted by molar-refractivity contribution is -0.146. The number of nitrogens with zero attached hydrogens (tertiary/aromatic N) is 4. The molecule has 4 heterocycles. The number of hydrogen-bond donors (Lipinski definition) is 2. The number of fused-ring (bicyclic) bond motifs is 1. The van der Waals surface area contributed by atoms with Gasteiger partial charge in [0.15, 0.2) is 0 Å². The Morgan fingerprint density at radius 1 is 1.22 bits per heavy atom. The first-order valence-corrected chi connectivity index (χ1v) is 11.7. The molecular formula is C23H30N6O3. The minimum atomic E-state index is -0.240. The van der Waals surface area contributed by atoms with E-state index in [1.807, 2.05) is 0 Å². The number of morpholine rings is 1. The van der Waals surface area contributed by atoms with E-state index in [1.54, 1.807) is 6.33 Å². The molecule has 1 spiro atoms. The second kappa shape index (κ2) is 7.43. The van der Waals surface area contributed by atoms with Crippen LogP contribution in [-0.2, 0) is 14.3 Å². The van der Waals surface area contributed by atoms with E-state index in [-0.39, 0.29) is 29.6 Å². The highest BCUT2D eigenvalue weighted by Gasteiger charge is 2.43. The van der Waals surface area contributed by atoms with Gasteiger partial charge in [0.1, 0.15) is 24.4 Å². The third-order valence-electron chi connectivity index (χ3n) is 7.57. The predicted molar refractivity (Wildman–Crippen MR) is 118 cm³/mol. The molecule has 2 N–H and O–H groups in total. The Kier molecular flexibility index (Phi) is 4.64. The first-order chi connectivity index (χ1) is 15.5. The van der Waals surface area contributed by atoms with Crippen molar-refractivity contribution in [2.45, 2.75) is 62.7 Å². The van der Waals surface area contributed by atoms with Crippen LogP contribution in [0.4, 0.5) is 5.82 Å². The van der Waals surface area contributed by atoms with Crippen molar-refractivity contribution in [3.63, 3.8) is 0 Å². The molecule has 5 aliphatic rings. The van der Waals surface area contributed by atoms with Crippen molar-refractivity contribution < 1.29 is 14.3 Å². The van der Waals surface area contributed by atoms with Crippen LogP contribution >= 0.6 is 0 Å². The lowest BCUT2D eigenvalue weighted by Crippen LogP contribution is -2.57. The molecule has 1 amide bonds. The fraction of sp³-hybridized carbons (Fsp3) is 0.652. The van der Waals surface area contributed by atoms with Crippen molar-refractivity contribution in [1.82, 2.24) is 20.7 Å². The van der Waals surface area contributed by atoms with Crippen molar-refractivity contribution >= 4 is 17.4 Å². The van der Waals surface area contributed by atoms with Gasteiger partial charge >= 0.3 is 0 Å². The largest absolute Gasteiger partial charge is 0.492 e. The van der Waals surface area contributed by atoms with E-state index in [1.165, 1.54) is 0 Å². The second-order valence-electron chi connectivity index (χ2n) is 10.00. The standard InChI is InChI=1S/C23H30N6O3/c1-22(4-5-22)32-15-2-3-17-16(10-15)21(28-27-17)18-11-19(26-14-25-18)29-8-6-23(7-9-29)13-24-20(30)12-31-23/h2,11,14,16-17,27H,3-10,12-13H2,1H3,(H,24,30). The summed E-state index contributed by atoms with van der Waals surface area (Å²) in [6.07, 6.45) is 9.66. The second-order valence-corrected chi connectivity index (χ2v) is 10.00. The molecule has 9 heteroatoms. The molecule has 1 aromatic rings. The molecule has 0 radical (unpaired) electrons. The maximum atomic E-state index is 11.4. The molecule has 32 heavy (non-hydrogen) atoms. The summed E-state index contributed by atoms with van der Waals surface area (Å²) in [5.74, 6) is 2.26. The third kappa shape index (κ3) is 3.72. The quantitative estimate of drug-likeness (QED) is 0.735. The topological polar surface area (TPSA) is 101 Å². The molecule has 2 unspecified atom stereocenters. The van der Waals surface area contributed by atoms with Gasteiger partial charge in [-0.2, -0.15) is 5.10 Å². The molecule has 1 saturated carbocycles. The smallest absolute Gasteiger partial charge is 0.246 e. The summed E-state index contributed by atoms with van der Waals surface area (Å²) in [5.41, 5.74) is 5.00. The Hall–Kier alpha value is -2.68. The molecule has 1 aromatic heterocycles. The van der Waals surface area contributed by atoms with Crippen molar-refractivity contribution in [2.75, 3.05) is 31.1 Å². The molecule has 0 aromatic carbocycles. The minimum Gasteiger partial charge on any atom is -0.492 e. The first-order valence-electron chi connectivity index (χ1n) is 11.7. The fourth-order valence-corrected chi connectivity index (χ4v) is 5.16. The molecule has 0 bridgehead atoms. The summed E-state index contributed by atoms with van der Waals surface area (Å²) >= 11 is 0. The number of aromatic nitrogens is 2. The molecule has 2 saturated heterocycles. The number of rotatable bonds is 4. The first kappa shape index (κ1) is 20.0. The Balaban J connectivity index is 1.14. The van der Waals surface area contributed by atoms with Crippen molar-refractivity contribution in [1.29, 1.82) is 0 Å². The summed E-state index contributed by atoms with van der Waals surface area (Å²) in [6.45, 7) is 4.61. The van der Waals surface area contributed by atoms with Crippen LogP contribution in [0.2, 0.25) is 0 Å². The summed E-state index contributed by atoms with van der Waals surface area (Å²) < 4.78 is 12.2. The number of hydrogen-bond acceptors (Lipinski definition) is 8. The van der Waals surface area contributed by atoms with Crippen molar-refractivity contribution in [2.24, 2.45) is 11.0 Å². The van der Waals surface area contributed by atoms with E-state index in [0.717, 1.165) is 74.6 Å². The van der Waals surface area contributed by atoms with E-state index in [0.29, 0.717) is 12.6 Å². The van der Waals surface area contributed by atoms with Crippen LogP contribution in [0.1, 0.15) is 51.1 Å². The lowest BCUT2D eigenvalue weighted by Gasteiger charge is -2.44. The van der Waals surface area contributed by atoms with Gasteiger partial charge in [-0.05, 0) is 45.1 Å². The van der Waals surface area contributed by atoms with Gasteiger partial charge in [0, 0.05) is 38.0 Å². The van der Waals surface area contributed by atoms with Crippen LogP contribution < -0.4 is 15.6 Å². The zero-order valence-electron chi connectivity index (χ0n) is 18.5. The maximum absolute atomic E-state index is 11.4. The number of hydrazone groups is 1. The fourth-order valence-electron chi connectivity index (χ4n) is 5.16. The number of carbonyl (C=O) groups excluding carboxylic acids is 1. The third-order valence-corrected chi connectivity index (χ3v) is 7.57. The number of anilines is 1. The molecule has 2 aliphatic carbocycles. The van der Waals surface area contributed by atoms with E-state index in [2.05, 4.69) is 49.8 Å². The van der Waals surface area contributed by atoms with E-state index in [9.17, 15) is 4.79 Å². The zero-order valence-corrected chi connectivity index (χ0v) is 18.5. The number of carbonyl (C=O) groups is 1. The highest BCUT2D eigenvalue weighted by atomic mass is 16.5. The van der Waals surface area contributed by atoms with Crippen LogP contribution in [0.3, 0.4) is 0 Å². The van der Waals surface area contributed by atoms with E-state index in [4.69, 9.17) is 9.47 Å². The Morgan fingerprint density at radius 2 is 2.06 bits per heavy atom. The lowest BCUT2D eigenvalue weighted by atomic mass is 9.84. The Bertz CT molecular complexity index is 968. The normalized spacial score (nSPS) is 30.0. The van der Waals surface area contributed by atoms with Gasteiger partial charge in [0.25, 0.3) is 0 Å². The Morgan fingerprint density at radius 3 is 2.81 bits per heavy atom. The molecule has 170 valence electrons. The van der Waals surface area contributed by atoms with Gasteiger partial charge < -0.3 is 25.1 Å². The summed E-state index contributed by atoms with van der Waals surface area (Å²) in [4.78, 5) is 22.8. The molecular weight excluding hydrogens is 408 g/mol. The average molecular weight is 439 g/mol. The zero-order chi connectivity index (χ0) is 21.8. The maximum Gasteiger partial charge on any atom is 0.246 e. The van der Waals surface area contributed by atoms with Crippen LogP contribution in [-0.4, -0.2) is 65.1 Å². The monoisotopic (exact) mass is 438 g/mol. The van der Waals surface area contributed by atoms with Crippen LogP contribution in [0.25, 0.3) is 0 Å². The van der Waals surface area contributed by atoms with E-state index < -0.39 is 0 Å². The van der Waals surface area contributed by atoms with Gasteiger partial charge in [-0.15, -0.1) is 0 Å². The van der Waals surface area contributed by atoms with Gasteiger partial charge in [0.2, 0.25) is 5.91 Å². The predicted octanol–water partition coefficient (Wildman–Crippen LogP) is 1.50. The summed E-state index contributed by atoms with van der Waals surface area (Å²) in [7, 11) is 0. The van der Waals surface area contributed by atoms with Gasteiger partial charge in [-0.3, -0.25) is 4.79 Å². The molecule has 6 rings (SSSR count). The number of allylic oxidation sites excluding steroid dienone is 1. The Labute approximate surface area is 187 Å². The number of nitrogens with one attached hydrogen (secondary N) is 2. The highest BCUT2D eigenvalue weighted by Crippen LogP contribution is 2.43. The van der Waals surface area contributed by atoms with Crippen LogP contribution in [0.15, 0.2) is 29.3 Å². The average Bonchev–Trinajstić information content (AvgIpc) is 3.38. The molecule has 2 atom stereocenters. The summed E-state index contributed by atoms with van der Waals surface area (Å²) in [6, 6.07) is 2.36. The number of piperidine rings is 1. The molecule has 9 nitrogen and oxygen atoms in total.